The lowest BCUT2D eigenvalue weighted by atomic mass is 9.99. The minimum Gasteiger partial charge on any atom is -0.459 e. The summed E-state index contributed by atoms with van der Waals surface area (Å²) in [4.78, 5) is 23.0. The summed E-state index contributed by atoms with van der Waals surface area (Å²) in [7, 11) is 0. The lowest BCUT2D eigenvalue weighted by Crippen LogP contribution is -2.24. The highest BCUT2D eigenvalue weighted by atomic mass is 16.5. The zero-order chi connectivity index (χ0) is 13.6. The third kappa shape index (κ3) is 5.62. The van der Waals surface area contributed by atoms with Gasteiger partial charge in [-0.05, 0) is 17.4 Å². The van der Waals surface area contributed by atoms with Gasteiger partial charge in [0.15, 0.2) is 0 Å². The third-order valence-electron chi connectivity index (χ3n) is 2.35. The smallest absolute Gasteiger partial charge is 0.374 e. The number of benzene rings is 1. The Morgan fingerprint density at radius 1 is 1.11 bits per heavy atom. The van der Waals surface area contributed by atoms with Crippen molar-refractivity contribution in [1.29, 1.82) is 0 Å². The fourth-order valence-corrected chi connectivity index (χ4v) is 1.37. The Morgan fingerprint density at radius 3 is 2.28 bits per heavy atom. The van der Waals surface area contributed by atoms with Crippen LogP contribution in [-0.4, -0.2) is 18.4 Å². The van der Waals surface area contributed by atoms with Crippen molar-refractivity contribution in [2.45, 2.75) is 33.6 Å². The number of ketones is 1. The summed E-state index contributed by atoms with van der Waals surface area (Å²) in [6.45, 7) is 6.13. The molecule has 3 heteroatoms. The minimum atomic E-state index is -0.721. The van der Waals surface area contributed by atoms with Crippen LogP contribution in [0.15, 0.2) is 30.3 Å². The Bertz CT molecular complexity index is 401. The van der Waals surface area contributed by atoms with Crippen molar-refractivity contribution in [2.75, 3.05) is 6.61 Å². The summed E-state index contributed by atoms with van der Waals surface area (Å²) >= 11 is 0. The molecule has 0 aromatic heterocycles. The summed E-state index contributed by atoms with van der Waals surface area (Å²) in [5.74, 6) is -1.18. The van der Waals surface area contributed by atoms with Gasteiger partial charge in [-0.25, -0.2) is 4.79 Å². The zero-order valence-corrected chi connectivity index (χ0v) is 11.2. The van der Waals surface area contributed by atoms with Gasteiger partial charge in [0.05, 0.1) is 6.61 Å². The van der Waals surface area contributed by atoms with Crippen LogP contribution in [0.4, 0.5) is 0 Å². The van der Waals surface area contributed by atoms with Gasteiger partial charge in [0.2, 0.25) is 5.78 Å². The highest BCUT2D eigenvalue weighted by Crippen LogP contribution is 2.13. The number of esters is 1. The molecule has 0 radical (unpaired) electrons. The van der Waals surface area contributed by atoms with Crippen molar-refractivity contribution < 1.29 is 14.3 Å². The first-order chi connectivity index (χ1) is 8.38. The number of Topliss-reactive ketones (excluding diaryl/α,β-unsaturated/α-hetero) is 1. The van der Waals surface area contributed by atoms with Crippen LogP contribution in [0.1, 0.15) is 32.8 Å². The van der Waals surface area contributed by atoms with Gasteiger partial charge in [-0.3, -0.25) is 4.79 Å². The van der Waals surface area contributed by atoms with Crippen molar-refractivity contribution in [3.8, 4) is 0 Å². The molecular formula is C15H20O3. The van der Waals surface area contributed by atoms with Crippen molar-refractivity contribution in [3.63, 3.8) is 0 Å². The fourth-order valence-electron chi connectivity index (χ4n) is 1.37. The highest BCUT2D eigenvalue weighted by Gasteiger charge is 2.19. The molecule has 0 saturated carbocycles. The minimum absolute atomic E-state index is 0.116. The van der Waals surface area contributed by atoms with Crippen LogP contribution in [0.2, 0.25) is 0 Å². The monoisotopic (exact) mass is 248 g/mol. The molecule has 0 heterocycles. The van der Waals surface area contributed by atoms with E-state index in [-0.39, 0.29) is 18.4 Å². The normalized spacial score (nSPS) is 11.1. The maximum absolute atomic E-state index is 11.6. The Hall–Kier alpha value is -1.64. The Kier molecular flexibility index (Phi) is 5.08. The van der Waals surface area contributed by atoms with Crippen molar-refractivity contribution >= 4 is 11.8 Å². The van der Waals surface area contributed by atoms with Gasteiger partial charge in [-0.15, -0.1) is 0 Å². The number of hydrogen-bond donors (Lipinski definition) is 0. The number of carbonyl (C=O) groups is 2. The van der Waals surface area contributed by atoms with Crippen LogP contribution in [0, 0.1) is 5.41 Å². The first-order valence-electron chi connectivity index (χ1n) is 6.12. The van der Waals surface area contributed by atoms with Gasteiger partial charge in [-0.2, -0.15) is 0 Å². The van der Waals surface area contributed by atoms with Gasteiger partial charge < -0.3 is 4.74 Å². The maximum atomic E-state index is 11.6. The van der Waals surface area contributed by atoms with Crippen LogP contribution in [-0.2, 0) is 20.7 Å². The van der Waals surface area contributed by atoms with Crippen molar-refractivity contribution in [3.05, 3.63) is 35.9 Å². The average molecular weight is 248 g/mol. The van der Waals surface area contributed by atoms with Gasteiger partial charge >= 0.3 is 5.97 Å². The quantitative estimate of drug-likeness (QED) is 0.594. The second-order valence-corrected chi connectivity index (χ2v) is 5.55. The number of hydrogen-bond acceptors (Lipinski definition) is 3. The summed E-state index contributed by atoms with van der Waals surface area (Å²) < 4.78 is 4.97. The predicted octanol–water partition coefficient (Wildman–Crippen LogP) is 2.78. The SMILES string of the molecule is CC(C)(C)COC(=O)C(=O)CCc1ccccc1. The van der Waals surface area contributed by atoms with E-state index in [0.29, 0.717) is 6.42 Å². The van der Waals surface area contributed by atoms with Crippen LogP contribution in [0.25, 0.3) is 0 Å². The number of rotatable bonds is 5. The number of ether oxygens (including phenoxy) is 1. The number of aryl methyl sites for hydroxylation is 1. The van der Waals surface area contributed by atoms with E-state index < -0.39 is 11.8 Å². The molecule has 98 valence electrons. The maximum Gasteiger partial charge on any atom is 0.374 e. The van der Waals surface area contributed by atoms with Gasteiger partial charge in [0.1, 0.15) is 0 Å². The fraction of sp³-hybridized carbons (Fsp3) is 0.467. The molecule has 0 aliphatic heterocycles. The standard InChI is InChI=1S/C15H20O3/c1-15(2,3)11-18-14(17)13(16)10-9-12-7-5-4-6-8-12/h4-8H,9-11H2,1-3H3. The van der Waals surface area contributed by atoms with E-state index in [9.17, 15) is 9.59 Å². The molecule has 0 fully saturated rings. The van der Waals surface area contributed by atoms with Crippen LogP contribution in [0.5, 0.6) is 0 Å². The molecule has 0 spiro atoms. The molecule has 1 aromatic carbocycles. The Labute approximate surface area is 108 Å². The molecule has 0 amide bonds. The molecule has 3 nitrogen and oxygen atoms in total. The van der Waals surface area contributed by atoms with Crippen LogP contribution >= 0.6 is 0 Å². The van der Waals surface area contributed by atoms with Gasteiger partial charge in [0.25, 0.3) is 0 Å². The lowest BCUT2D eigenvalue weighted by Gasteiger charge is -2.17. The molecule has 1 rings (SSSR count). The largest absolute Gasteiger partial charge is 0.459 e. The van der Waals surface area contributed by atoms with Gasteiger partial charge in [-0.1, -0.05) is 51.1 Å². The first kappa shape index (κ1) is 14.4. The molecule has 0 aliphatic rings. The summed E-state index contributed by atoms with van der Waals surface area (Å²) in [5.41, 5.74) is 0.935. The summed E-state index contributed by atoms with van der Waals surface area (Å²) in [6.07, 6.45) is 0.775. The van der Waals surface area contributed by atoms with E-state index in [4.69, 9.17) is 4.74 Å². The molecule has 0 saturated heterocycles. The molecule has 0 aliphatic carbocycles. The molecular weight excluding hydrogens is 228 g/mol. The third-order valence-corrected chi connectivity index (χ3v) is 2.35. The number of carbonyl (C=O) groups excluding carboxylic acids is 2. The Balaban J connectivity index is 2.35. The summed E-state index contributed by atoms with van der Waals surface area (Å²) in [6, 6.07) is 9.62. The molecule has 0 N–H and O–H groups in total. The zero-order valence-electron chi connectivity index (χ0n) is 11.2. The topological polar surface area (TPSA) is 43.4 Å². The highest BCUT2D eigenvalue weighted by molar-refractivity contribution is 6.33. The van der Waals surface area contributed by atoms with E-state index in [0.717, 1.165) is 5.56 Å². The molecule has 0 unspecified atom stereocenters. The van der Waals surface area contributed by atoms with Gasteiger partial charge in [0, 0.05) is 6.42 Å². The van der Waals surface area contributed by atoms with E-state index in [2.05, 4.69) is 0 Å². The molecule has 0 atom stereocenters. The predicted molar refractivity (Wildman–Crippen MR) is 70.2 cm³/mol. The lowest BCUT2D eigenvalue weighted by molar-refractivity contribution is -0.155. The van der Waals surface area contributed by atoms with Crippen LogP contribution in [0.3, 0.4) is 0 Å². The average Bonchev–Trinajstić information content (AvgIpc) is 2.33. The van der Waals surface area contributed by atoms with Crippen molar-refractivity contribution in [1.82, 2.24) is 0 Å². The Morgan fingerprint density at radius 2 is 1.72 bits per heavy atom. The first-order valence-corrected chi connectivity index (χ1v) is 6.12. The summed E-state index contributed by atoms with van der Waals surface area (Å²) in [5, 5.41) is 0. The molecule has 1 aromatic rings. The molecule has 18 heavy (non-hydrogen) atoms. The second-order valence-electron chi connectivity index (χ2n) is 5.55. The molecule has 0 bridgehead atoms. The van der Waals surface area contributed by atoms with E-state index >= 15 is 0 Å². The van der Waals surface area contributed by atoms with E-state index in [1.54, 1.807) is 0 Å². The van der Waals surface area contributed by atoms with Crippen LogP contribution < -0.4 is 0 Å². The van der Waals surface area contributed by atoms with Crippen molar-refractivity contribution in [2.24, 2.45) is 5.41 Å². The van der Waals surface area contributed by atoms with E-state index in [1.807, 2.05) is 51.1 Å². The van der Waals surface area contributed by atoms with E-state index in [1.165, 1.54) is 0 Å². The second kappa shape index (κ2) is 6.34.